The lowest BCUT2D eigenvalue weighted by Crippen LogP contribution is -2.68. The van der Waals surface area contributed by atoms with Crippen LogP contribution in [0.25, 0.3) is 0 Å². The van der Waals surface area contributed by atoms with Gasteiger partial charge >= 0.3 is 5.97 Å². The molecule has 6 aliphatic rings. The fourth-order valence-electron chi connectivity index (χ4n) is 9.27. The zero-order valence-corrected chi connectivity index (χ0v) is 21.0. The minimum Gasteiger partial charge on any atom is -0.458 e. The van der Waals surface area contributed by atoms with Crippen LogP contribution in [-0.4, -0.2) is 51.5 Å². The summed E-state index contributed by atoms with van der Waals surface area (Å²) in [7, 11) is 0. The van der Waals surface area contributed by atoms with Crippen molar-refractivity contribution in [3.8, 4) is 0 Å². The van der Waals surface area contributed by atoms with Crippen molar-refractivity contribution in [3.05, 3.63) is 23.3 Å². The Morgan fingerprint density at radius 1 is 1.09 bits per heavy atom. The molecule has 0 aromatic carbocycles. The molecular weight excluding hydrogens is 432 g/mol. The highest BCUT2D eigenvalue weighted by Gasteiger charge is 2.78. The van der Waals surface area contributed by atoms with Crippen LogP contribution in [0.4, 0.5) is 0 Å². The van der Waals surface area contributed by atoms with E-state index in [9.17, 15) is 19.8 Å². The summed E-state index contributed by atoms with van der Waals surface area (Å²) in [4.78, 5) is 25.7. The van der Waals surface area contributed by atoms with Crippen molar-refractivity contribution in [3.63, 3.8) is 0 Å². The topological polar surface area (TPSA) is 96.4 Å². The standard InChI is InChI=1S/C28H38O6/c1-14-13-19(33-24(30)15(14)2)16(3)27(31)12-9-17-21-18(8-11-25(17,27)4)26(5)20(29)7-6-10-28(26,32)23-22(21)34-23/h6-7,16-19,21-23,31-32H,8-13H2,1-5H3/t16-,17-,18-,19+,21-,22-,23-,25+,26-,27+,28+/m0/s1. The minimum absolute atomic E-state index is 0.0159. The van der Waals surface area contributed by atoms with Gasteiger partial charge in [0.15, 0.2) is 5.78 Å². The Kier molecular flexibility index (Phi) is 4.61. The van der Waals surface area contributed by atoms with E-state index in [2.05, 4.69) is 6.92 Å². The van der Waals surface area contributed by atoms with Crippen LogP contribution < -0.4 is 0 Å². The maximum Gasteiger partial charge on any atom is 0.333 e. The van der Waals surface area contributed by atoms with Gasteiger partial charge in [-0.3, -0.25) is 4.79 Å². The summed E-state index contributed by atoms with van der Waals surface area (Å²) in [5, 5.41) is 24.0. The Bertz CT molecular complexity index is 1030. The van der Waals surface area contributed by atoms with Gasteiger partial charge in [-0.1, -0.05) is 25.5 Å². The molecule has 0 unspecified atom stereocenters. The number of aliphatic hydroxyl groups is 2. The molecule has 11 atom stereocenters. The molecule has 34 heavy (non-hydrogen) atoms. The van der Waals surface area contributed by atoms with E-state index >= 15 is 0 Å². The molecular formula is C28H38O6. The monoisotopic (exact) mass is 470 g/mol. The van der Waals surface area contributed by atoms with Crippen LogP contribution in [0.15, 0.2) is 23.3 Å². The predicted molar refractivity (Wildman–Crippen MR) is 125 cm³/mol. The van der Waals surface area contributed by atoms with Crippen LogP contribution in [0.3, 0.4) is 0 Å². The molecule has 4 aliphatic carbocycles. The molecule has 1 saturated heterocycles. The number of esters is 1. The van der Waals surface area contributed by atoms with Gasteiger partial charge in [0.2, 0.25) is 0 Å². The van der Waals surface area contributed by atoms with Gasteiger partial charge in [0, 0.05) is 17.9 Å². The van der Waals surface area contributed by atoms with E-state index in [4.69, 9.17) is 9.47 Å². The van der Waals surface area contributed by atoms with Crippen molar-refractivity contribution in [2.24, 2.45) is 34.5 Å². The quantitative estimate of drug-likeness (QED) is 0.474. The molecule has 6 nitrogen and oxygen atoms in total. The summed E-state index contributed by atoms with van der Waals surface area (Å²) in [6.07, 6.45) is 6.96. The number of ketones is 1. The fourth-order valence-corrected chi connectivity index (χ4v) is 9.27. The zero-order chi connectivity index (χ0) is 24.4. The molecule has 0 aromatic heterocycles. The number of fused-ring (bicyclic) bond motifs is 8. The molecule has 4 fully saturated rings. The number of cyclic esters (lactones) is 1. The van der Waals surface area contributed by atoms with Crippen molar-refractivity contribution < 1.29 is 29.3 Å². The van der Waals surface area contributed by atoms with Crippen LogP contribution in [0.1, 0.15) is 73.1 Å². The lowest BCUT2D eigenvalue weighted by atomic mass is 9.43. The van der Waals surface area contributed by atoms with E-state index in [0.717, 1.165) is 24.8 Å². The first-order chi connectivity index (χ1) is 15.9. The molecule has 0 aromatic rings. The second-order valence-electron chi connectivity index (χ2n) is 12.7. The third kappa shape index (κ3) is 2.48. The Morgan fingerprint density at radius 3 is 2.50 bits per heavy atom. The van der Waals surface area contributed by atoms with Gasteiger partial charge in [0.05, 0.1) is 17.1 Å². The molecule has 0 spiro atoms. The normalized spacial score (nSPS) is 54.6. The van der Waals surface area contributed by atoms with Gasteiger partial charge in [-0.25, -0.2) is 4.79 Å². The van der Waals surface area contributed by atoms with Crippen LogP contribution in [0.5, 0.6) is 0 Å². The van der Waals surface area contributed by atoms with Gasteiger partial charge in [-0.15, -0.1) is 0 Å². The number of carbonyl (C=O) groups excluding carboxylic acids is 2. The van der Waals surface area contributed by atoms with Gasteiger partial charge in [-0.05, 0) is 82.1 Å². The molecule has 0 radical (unpaired) electrons. The summed E-state index contributed by atoms with van der Waals surface area (Å²) in [5.41, 5.74) is -1.60. The van der Waals surface area contributed by atoms with Gasteiger partial charge in [0.25, 0.3) is 0 Å². The molecule has 0 bridgehead atoms. The number of allylic oxidation sites excluding steroid dienone is 1. The first-order valence-electron chi connectivity index (χ1n) is 13.1. The number of ether oxygens (including phenoxy) is 2. The first-order valence-corrected chi connectivity index (χ1v) is 13.1. The molecule has 186 valence electrons. The molecule has 3 saturated carbocycles. The van der Waals surface area contributed by atoms with Gasteiger partial charge < -0.3 is 19.7 Å². The number of hydrogen-bond donors (Lipinski definition) is 2. The lowest BCUT2D eigenvalue weighted by Gasteiger charge is -2.61. The number of hydrogen-bond acceptors (Lipinski definition) is 6. The first kappa shape index (κ1) is 22.9. The molecule has 6 rings (SSSR count). The van der Waals surface area contributed by atoms with Crippen LogP contribution in [0.2, 0.25) is 0 Å². The predicted octanol–water partition coefficient (Wildman–Crippen LogP) is 3.50. The Balaban J connectivity index is 1.34. The zero-order valence-electron chi connectivity index (χ0n) is 21.0. The second kappa shape index (κ2) is 6.83. The highest BCUT2D eigenvalue weighted by molar-refractivity contribution is 5.97. The maximum atomic E-state index is 13.3. The van der Waals surface area contributed by atoms with E-state index in [-0.39, 0.29) is 59.2 Å². The van der Waals surface area contributed by atoms with E-state index in [1.165, 1.54) is 0 Å². The highest BCUT2D eigenvalue weighted by Crippen LogP contribution is 2.72. The fraction of sp³-hybridized carbons (Fsp3) is 0.786. The van der Waals surface area contributed by atoms with Crippen molar-refractivity contribution in [2.45, 2.75) is 103 Å². The Labute approximate surface area is 201 Å². The van der Waals surface area contributed by atoms with Crippen molar-refractivity contribution >= 4 is 11.8 Å². The number of carbonyl (C=O) groups is 2. The molecule has 6 heteroatoms. The summed E-state index contributed by atoms with van der Waals surface area (Å²) in [5.74, 6) is -0.0746. The van der Waals surface area contributed by atoms with Gasteiger partial charge in [0.1, 0.15) is 17.8 Å². The summed E-state index contributed by atoms with van der Waals surface area (Å²) >= 11 is 0. The van der Waals surface area contributed by atoms with E-state index in [1.807, 2.05) is 20.8 Å². The van der Waals surface area contributed by atoms with Crippen molar-refractivity contribution in [2.75, 3.05) is 0 Å². The Morgan fingerprint density at radius 2 is 1.79 bits per heavy atom. The summed E-state index contributed by atoms with van der Waals surface area (Å²) < 4.78 is 12.0. The molecule has 2 heterocycles. The van der Waals surface area contributed by atoms with Crippen molar-refractivity contribution in [1.29, 1.82) is 0 Å². The van der Waals surface area contributed by atoms with Crippen LogP contribution in [-0.2, 0) is 19.1 Å². The smallest absolute Gasteiger partial charge is 0.333 e. The van der Waals surface area contributed by atoms with E-state index in [1.54, 1.807) is 19.1 Å². The Hall–Kier alpha value is -1.50. The van der Waals surface area contributed by atoms with Crippen LogP contribution >= 0.6 is 0 Å². The number of rotatable bonds is 2. The molecule has 2 N–H and O–H groups in total. The van der Waals surface area contributed by atoms with Crippen molar-refractivity contribution in [1.82, 2.24) is 0 Å². The maximum absolute atomic E-state index is 13.3. The minimum atomic E-state index is -1.14. The molecule has 0 amide bonds. The second-order valence-corrected chi connectivity index (χ2v) is 12.7. The van der Waals surface area contributed by atoms with E-state index < -0.39 is 16.6 Å². The van der Waals surface area contributed by atoms with Crippen LogP contribution in [0, 0.1) is 34.5 Å². The largest absolute Gasteiger partial charge is 0.458 e. The summed E-state index contributed by atoms with van der Waals surface area (Å²) in [6.45, 7) is 9.99. The molecule has 2 aliphatic heterocycles. The SMILES string of the molecule is CC1=C(C)C(=O)O[C@@H]([C@H](C)[C@]2(O)CC[C@H]3[C@@H]4[C@@H]5O[C@@H]5[C@]5(O)CC=CC(=O)[C@]5(C)[C@H]4CC[C@]32C)C1. The third-order valence-corrected chi connectivity index (χ3v) is 11.8. The average Bonchev–Trinajstić information content (AvgIpc) is 3.55. The van der Waals surface area contributed by atoms with E-state index in [0.29, 0.717) is 24.8 Å². The van der Waals surface area contributed by atoms with Gasteiger partial charge in [-0.2, -0.15) is 0 Å². The highest BCUT2D eigenvalue weighted by atomic mass is 16.6. The summed E-state index contributed by atoms with van der Waals surface area (Å²) in [6, 6.07) is 0. The third-order valence-electron chi connectivity index (χ3n) is 11.8. The average molecular weight is 471 g/mol. The number of epoxide rings is 1. The lowest BCUT2D eigenvalue weighted by molar-refractivity contribution is -0.202.